The van der Waals surface area contributed by atoms with Crippen molar-refractivity contribution in [1.82, 2.24) is 0 Å². The lowest BCUT2D eigenvalue weighted by atomic mass is 10.0. The molecule has 0 saturated heterocycles. The van der Waals surface area contributed by atoms with Crippen LogP contribution in [0, 0.1) is 0 Å². The Morgan fingerprint density at radius 1 is 0.562 bits per heavy atom. The summed E-state index contributed by atoms with van der Waals surface area (Å²) >= 11 is 4.64. The van der Waals surface area contributed by atoms with Crippen molar-refractivity contribution < 1.29 is 0 Å². The quantitative estimate of drug-likeness (QED) is 0.381. The van der Waals surface area contributed by atoms with Crippen molar-refractivity contribution in [2.75, 3.05) is 6.38 Å². The third kappa shape index (κ3) is 2.02. The zero-order valence-electron chi connectivity index (χ0n) is 9.15. The van der Waals surface area contributed by atoms with Gasteiger partial charge in [-0.1, -0.05) is 48.5 Å². The van der Waals surface area contributed by atoms with Crippen LogP contribution in [-0.4, -0.2) is 6.38 Å². The molecule has 0 atom stereocenters. The number of hydrogen-bond donors (Lipinski definition) is 0. The van der Waals surface area contributed by atoms with E-state index in [9.17, 15) is 0 Å². The van der Waals surface area contributed by atoms with E-state index in [-0.39, 0.29) is 0 Å². The molecule has 0 fully saturated rings. The lowest BCUT2D eigenvalue weighted by molar-refractivity contribution is 1.76. The normalized spacial score (nSPS) is 9.88. The molecule has 3 aromatic carbocycles. The van der Waals surface area contributed by atoms with Gasteiger partial charge in [-0.15, -0.1) is 11.6 Å². The van der Waals surface area contributed by atoms with E-state index in [1.165, 1.54) is 27.9 Å². The van der Waals surface area contributed by atoms with E-state index >= 15 is 0 Å². The Labute approximate surface area is 100 Å². The van der Waals surface area contributed by atoms with Gasteiger partial charge in [0.1, 0.15) is 0 Å². The molecular weight excluding hydrogens is 216 g/mol. The highest BCUT2D eigenvalue weighted by molar-refractivity contribution is 6.15. The molecule has 1 heteroatoms. The van der Waals surface area contributed by atoms with Crippen molar-refractivity contribution in [2.45, 2.75) is 0 Å². The van der Waals surface area contributed by atoms with Crippen LogP contribution in [0.4, 0.5) is 0 Å². The Kier molecular flexibility index (Phi) is 3.43. The van der Waals surface area contributed by atoms with Crippen LogP contribution in [0.5, 0.6) is 0 Å². The van der Waals surface area contributed by atoms with Gasteiger partial charge in [0.15, 0.2) is 0 Å². The molecule has 0 aliphatic heterocycles. The lowest BCUT2D eigenvalue weighted by Crippen LogP contribution is -1.74. The van der Waals surface area contributed by atoms with E-state index in [2.05, 4.69) is 72.3 Å². The van der Waals surface area contributed by atoms with Crippen LogP contribution in [0.3, 0.4) is 0 Å². The molecule has 80 valence electrons. The van der Waals surface area contributed by atoms with E-state index in [0.29, 0.717) is 0 Å². The first kappa shape index (κ1) is 11.0. The lowest BCUT2D eigenvalue weighted by Gasteiger charge is -2.00. The van der Waals surface area contributed by atoms with Crippen LogP contribution >= 0.6 is 11.6 Å². The number of fused-ring (bicyclic) bond motifs is 2. The third-order valence-corrected chi connectivity index (χ3v) is 2.61. The fourth-order valence-electron chi connectivity index (χ4n) is 1.88. The predicted octanol–water partition coefficient (Wildman–Crippen LogP) is 4.85. The summed E-state index contributed by atoms with van der Waals surface area (Å²) in [5.74, 6) is 0. The van der Waals surface area contributed by atoms with Crippen molar-refractivity contribution in [3.05, 3.63) is 60.7 Å². The van der Waals surface area contributed by atoms with Crippen LogP contribution in [0.2, 0.25) is 0 Å². The van der Waals surface area contributed by atoms with Gasteiger partial charge in [-0.3, -0.25) is 0 Å². The maximum Gasteiger partial charge on any atom is 0.0108 e. The van der Waals surface area contributed by atoms with Gasteiger partial charge in [-0.25, -0.2) is 0 Å². The zero-order valence-corrected chi connectivity index (χ0v) is 9.91. The summed E-state index contributed by atoms with van der Waals surface area (Å²) in [6.45, 7) is 0. The molecular formula is C15H13Cl. The summed E-state index contributed by atoms with van der Waals surface area (Å²) in [4.78, 5) is 0. The van der Waals surface area contributed by atoms with E-state index < -0.39 is 0 Å². The summed E-state index contributed by atoms with van der Waals surface area (Å²) in [6, 6.07) is 21.4. The minimum absolute atomic E-state index is 1.31. The molecule has 0 amide bonds. The molecule has 0 aromatic heterocycles. The topological polar surface area (TPSA) is 0 Å². The fraction of sp³-hybridized carbons (Fsp3) is 0.0667. The number of alkyl halides is 1. The molecule has 0 bridgehead atoms. The smallest absolute Gasteiger partial charge is 0.0108 e. The molecule has 0 saturated carbocycles. The molecule has 0 unspecified atom stereocenters. The van der Waals surface area contributed by atoms with E-state index in [1.54, 1.807) is 0 Å². The second-order valence-electron chi connectivity index (χ2n) is 3.55. The van der Waals surface area contributed by atoms with Gasteiger partial charge in [0.25, 0.3) is 0 Å². The van der Waals surface area contributed by atoms with Gasteiger partial charge in [-0.05, 0) is 33.7 Å². The minimum Gasteiger partial charge on any atom is -0.130 e. The van der Waals surface area contributed by atoms with Gasteiger partial charge in [-0.2, -0.15) is 0 Å². The monoisotopic (exact) mass is 228 g/mol. The van der Waals surface area contributed by atoms with Gasteiger partial charge in [0, 0.05) is 6.38 Å². The second-order valence-corrected chi connectivity index (χ2v) is 3.55. The summed E-state index contributed by atoms with van der Waals surface area (Å²) in [6.07, 6.45) is 1.47. The molecule has 0 N–H and O–H groups in total. The van der Waals surface area contributed by atoms with Gasteiger partial charge in [0.05, 0.1) is 0 Å². The van der Waals surface area contributed by atoms with Crippen molar-refractivity contribution >= 4 is 33.1 Å². The Morgan fingerprint density at radius 2 is 0.812 bits per heavy atom. The average Bonchev–Trinajstić information content (AvgIpc) is 2.38. The third-order valence-electron chi connectivity index (χ3n) is 2.61. The molecule has 0 aliphatic carbocycles. The maximum atomic E-state index is 4.64. The highest BCUT2D eigenvalue weighted by atomic mass is 35.5. The van der Waals surface area contributed by atoms with Gasteiger partial charge in [0.2, 0.25) is 0 Å². The molecule has 0 spiro atoms. The average molecular weight is 229 g/mol. The Balaban J connectivity index is 0.000000457. The molecule has 0 aliphatic rings. The second kappa shape index (κ2) is 5.00. The van der Waals surface area contributed by atoms with Crippen LogP contribution < -0.4 is 0 Å². The first-order valence-corrected chi connectivity index (χ1v) is 5.94. The maximum absolute atomic E-state index is 4.64. The van der Waals surface area contributed by atoms with Crippen LogP contribution in [0.15, 0.2) is 60.7 Å². The van der Waals surface area contributed by atoms with Crippen molar-refractivity contribution in [2.24, 2.45) is 0 Å². The first-order chi connectivity index (χ1) is 7.93. The van der Waals surface area contributed by atoms with E-state index in [0.717, 1.165) is 0 Å². The number of rotatable bonds is 0. The highest BCUT2D eigenvalue weighted by Crippen LogP contribution is 2.21. The Morgan fingerprint density at radius 3 is 1.06 bits per heavy atom. The highest BCUT2D eigenvalue weighted by Gasteiger charge is 1.95. The Bertz CT molecular complexity index is 494. The van der Waals surface area contributed by atoms with Crippen molar-refractivity contribution in [1.29, 1.82) is 0 Å². The number of halogens is 1. The standard InChI is InChI=1S/C14H10.CH3Cl/c1-2-6-12-10-14-8-4-3-7-13(14)9-11(12)5-1;1-2/h1-10H;1H3. The van der Waals surface area contributed by atoms with E-state index in [4.69, 9.17) is 0 Å². The van der Waals surface area contributed by atoms with Crippen LogP contribution in [0.1, 0.15) is 0 Å². The van der Waals surface area contributed by atoms with Crippen molar-refractivity contribution in [3.63, 3.8) is 0 Å². The fourth-order valence-corrected chi connectivity index (χ4v) is 1.88. The summed E-state index contributed by atoms with van der Waals surface area (Å²) in [5.41, 5.74) is 0. The molecule has 0 nitrogen and oxygen atoms in total. The molecule has 0 heterocycles. The molecule has 16 heavy (non-hydrogen) atoms. The summed E-state index contributed by atoms with van der Waals surface area (Å²) in [5, 5.41) is 5.25. The number of hydrogen-bond acceptors (Lipinski definition) is 0. The first-order valence-electron chi connectivity index (χ1n) is 5.19. The van der Waals surface area contributed by atoms with Gasteiger partial charge < -0.3 is 0 Å². The van der Waals surface area contributed by atoms with Crippen LogP contribution in [0.25, 0.3) is 21.5 Å². The molecule has 3 aromatic rings. The zero-order chi connectivity index (χ0) is 11.4. The predicted molar refractivity (Wildman–Crippen MR) is 73.2 cm³/mol. The SMILES string of the molecule is CCl.c1ccc2cc3ccccc3cc2c1. The minimum atomic E-state index is 1.31. The summed E-state index contributed by atoms with van der Waals surface area (Å²) in [7, 11) is 0. The van der Waals surface area contributed by atoms with Crippen LogP contribution in [-0.2, 0) is 0 Å². The molecule has 3 rings (SSSR count). The van der Waals surface area contributed by atoms with Crippen molar-refractivity contribution in [3.8, 4) is 0 Å². The summed E-state index contributed by atoms with van der Waals surface area (Å²) < 4.78 is 0. The van der Waals surface area contributed by atoms with E-state index in [1.807, 2.05) is 0 Å². The number of benzene rings is 3. The van der Waals surface area contributed by atoms with Gasteiger partial charge >= 0.3 is 0 Å². The molecule has 0 radical (unpaired) electrons. The Hall–Kier alpha value is -1.53. The largest absolute Gasteiger partial charge is 0.130 e.